The maximum absolute atomic E-state index is 2.80. The second kappa shape index (κ2) is 4.45. The monoisotopic (exact) mass is 209 g/mol. The van der Waals surface area contributed by atoms with Crippen LogP contribution in [-0.2, 0) is 0 Å². The summed E-state index contributed by atoms with van der Waals surface area (Å²) < 4.78 is 0. The van der Waals surface area contributed by atoms with Crippen molar-refractivity contribution in [3.8, 4) is 0 Å². The summed E-state index contributed by atoms with van der Waals surface area (Å²) in [5, 5.41) is 0. The summed E-state index contributed by atoms with van der Waals surface area (Å²) >= 11 is 0. The minimum absolute atomic E-state index is 0.766. The Balaban J connectivity index is 1.96. The molecule has 0 amide bonds. The van der Waals surface area contributed by atoms with E-state index in [-0.39, 0.29) is 0 Å². The van der Waals surface area contributed by atoms with Crippen LogP contribution in [0.4, 0.5) is 0 Å². The van der Waals surface area contributed by atoms with Gasteiger partial charge in [-0.15, -0.1) is 0 Å². The first-order valence-corrected chi connectivity index (χ1v) is 6.85. The third-order valence-electron chi connectivity index (χ3n) is 4.29. The number of hydrogen-bond donors (Lipinski definition) is 0. The van der Waals surface area contributed by atoms with Gasteiger partial charge in [0.2, 0.25) is 0 Å². The van der Waals surface area contributed by atoms with Gasteiger partial charge >= 0.3 is 0 Å². The van der Waals surface area contributed by atoms with E-state index in [9.17, 15) is 0 Å². The van der Waals surface area contributed by atoms with Gasteiger partial charge in [0.1, 0.15) is 0 Å². The van der Waals surface area contributed by atoms with Crippen LogP contribution in [0, 0.1) is 11.8 Å². The Morgan fingerprint density at radius 1 is 1.00 bits per heavy atom. The first-order chi connectivity index (χ1) is 7.08. The molecule has 0 saturated carbocycles. The first kappa shape index (κ1) is 11.4. The van der Waals surface area contributed by atoms with Crippen LogP contribution in [0.2, 0.25) is 0 Å². The van der Waals surface area contributed by atoms with Crippen molar-refractivity contribution in [1.82, 2.24) is 4.90 Å². The summed E-state index contributed by atoms with van der Waals surface area (Å²) in [6, 6.07) is 2.61. The molecule has 88 valence electrons. The van der Waals surface area contributed by atoms with E-state index in [2.05, 4.69) is 32.6 Å². The van der Waals surface area contributed by atoms with Crippen molar-refractivity contribution in [1.29, 1.82) is 0 Å². The third-order valence-corrected chi connectivity index (χ3v) is 4.29. The molecule has 2 rings (SSSR count). The van der Waals surface area contributed by atoms with Crippen LogP contribution in [0.15, 0.2) is 0 Å². The van der Waals surface area contributed by atoms with Gasteiger partial charge < -0.3 is 0 Å². The number of hydrogen-bond acceptors (Lipinski definition) is 1. The fourth-order valence-electron chi connectivity index (χ4n) is 4.03. The molecule has 15 heavy (non-hydrogen) atoms. The van der Waals surface area contributed by atoms with Crippen LogP contribution in [0.5, 0.6) is 0 Å². The molecule has 2 bridgehead atoms. The van der Waals surface area contributed by atoms with Gasteiger partial charge in [0.05, 0.1) is 0 Å². The minimum Gasteiger partial charge on any atom is -0.295 e. The van der Waals surface area contributed by atoms with Gasteiger partial charge in [-0.25, -0.2) is 0 Å². The maximum atomic E-state index is 2.80. The molecule has 2 unspecified atom stereocenters. The van der Waals surface area contributed by atoms with Crippen molar-refractivity contribution in [3.63, 3.8) is 0 Å². The molecule has 2 fully saturated rings. The summed E-state index contributed by atoms with van der Waals surface area (Å²) in [6.07, 6.45) is 7.35. The number of fused-ring (bicyclic) bond motifs is 2. The lowest BCUT2D eigenvalue weighted by Crippen LogP contribution is -2.46. The quantitative estimate of drug-likeness (QED) is 0.685. The van der Waals surface area contributed by atoms with Crippen LogP contribution in [0.3, 0.4) is 0 Å². The van der Waals surface area contributed by atoms with E-state index in [4.69, 9.17) is 0 Å². The molecule has 2 saturated heterocycles. The molecule has 2 aliphatic heterocycles. The second-order valence-electron chi connectivity index (χ2n) is 6.39. The van der Waals surface area contributed by atoms with E-state index in [0.717, 1.165) is 30.0 Å². The highest BCUT2D eigenvalue weighted by Gasteiger charge is 2.41. The van der Waals surface area contributed by atoms with Crippen molar-refractivity contribution in [2.45, 2.75) is 77.9 Å². The fraction of sp³-hybridized carbons (Fsp3) is 1.00. The Bertz CT molecular complexity index is 195. The number of rotatable bonds is 3. The van der Waals surface area contributed by atoms with Gasteiger partial charge in [0, 0.05) is 18.1 Å². The first-order valence-electron chi connectivity index (χ1n) is 6.85. The third kappa shape index (κ3) is 2.38. The van der Waals surface area contributed by atoms with Crippen LogP contribution in [0.25, 0.3) is 0 Å². The summed E-state index contributed by atoms with van der Waals surface area (Å²) in [6.45, 7) is 9.48. The molecular weight excluding hydrogens is 182 g/mol. The zero-order chi connectivity index (χ0) is 11.0. The standard InChI is InChI=1S/C14H27N/c1-10(2)7-12-8-13-5-6-14(9-12)15(13)11(3)4/h10-14H,5-9H2,1-4H3. The van der Waals surface area contributed by atoms with Crippen molar-refractivity contribution in [2.24, 2.45) is 11.8 Å². The predicted octanol–water partition coefficient (Wildman–Crippen LogP) is 3.68. The van der Waals surface area contributed by atoms with E-state index in [1.165, 1.54) is 32.1 Å². The molecule has 0 radical (unpaired) electrons. The Morgan fingerprint density at radius 3 is 1.93 bits per heavy atom. The fourth-order valence-corrected chi connectivity index (χ4v) is 4.03. The average Bonchev–Trinajstić information content (AvgIpc) is 2.38. The zero-order valence-electron chi connectivity index (χ0n) is 10.9. The van der Waals surface area contributed by atoms with Crippen molar-refractivity contribution in [3.05, 3.63) is 0 Å². The molecule has 2 heterocycles. The largest absolute Gasteiger partial charge is 0.295 e. The summed E-state index contributed by atoms with van der Waals surface area (Å²) in [4.78, 5) is 2.80. The smallest absolute Gasteiger partial charge is 0.0104 e. The van der Waals surface area contributed by atoms with Crippen molar-refractivity contribution in [2.75, 3.05) is 0 Å². The van der Waals surface area contributed by atoms with Crippen LogP contribution < -0.4 is 0 Å². The van der Waals surface area contributed by atoms with Gasteiger partial charge in [-0.2, -0.15) is 0 Å². The Hall–Kier alpha value is -0.0400. The Kier molecular flexibility index (Phi) is 3.39. The van der Waals surface area contributed by atoms with Crippen LogP contribution >= 0.6 is 0 Å². The maximum Gasteiger partial charge on any atom is 0.0104 e. The molecule has 1 heteroatoms. The predicted molar refractivity (Wildman–Crippen MR) is 66.0 cm³/mol. The number of piperidine rings is 1. The lowest BCUT2D eigenvalue weighted by atomic mass is 9.84. The zero-order valence-corrected chi connectivity index (χ0v) is 10.9. The molecule has 1 nitrogen and oxygen atoms in total. The topological polar surface area (TPSA) is 3.24 Å². The van der Waals surface area contributed by atoms with Gasteiger partial charge in [-0.3, -0.25) is 4.90 Å². The average molecular weight is 209 g/mol. The highest BCUT2D eigenvalue weighted by molar-refractivity contribution is 4.96. The highest BCUT2D eigenvalue weighted by Crippen LogP contribution is 2.41. The Labute approximate surface area is 95.2 Å². The van der Waals surface area contributed by atoms with E-state index in [1.54, 1.807) is 0 Å². The molecule has 0 spiro atoms. The molecule has 0 aromatic carbocycles. The lowest BCUT2D eigenvalue weighted by Gasteiger charge is -2.42. The minimum atomic E-state index is 0.766. The van der Waals surface area contributed by atoms with Crippen molar-refractivity contribution < 1.29 is 0 Å². The SMILES string of the molecule is CC(C)CC1CC2CCC(C1)N2C(C)C. The molecule has 0 aliphatic carbocycles. The molecule has 0 aromatic heterocycles. The van der Waals surface area contributed by atoms with E-state index in [0.29, 0.717) is 0 Å². The van der Waals surface area contributed by atoms with Gasteiger partial charge in [-0.1, -0.05) is 13.8 Å². The number of nitrogens with zero attached hydrogens (tertiary/aromatic N) is 1. The van der Waals surface area contributed by atoms with E-state index >= 15 is 0 Å². The van der Waals surface area contributed by atoms with Crippen LogP contribution in [0.1, 0.15) is 59.8 Å². The Morgan fingerprint density at radius 2 is 1.53 bits per heavy atom. The summed E-state index contributed by atoms with van der Waals surface area (Å²) in [5.41, 5.74) is 0. The molecule has 0 N–H and O–H groups in total. The molecule has 0 aromatic rings. The molecule has 2 atom stereocenters. The highest BCUT2D eigenvalue weighted by atomic mass is 15.2. The molecule has 2 aliphatic rings. The lowest BCUT2D eigenvalue weighted by molar-refractivity contribution is 0.0669. The van der Waals surface area contributed by atoms with Crippen molar-refractivity contribution >= 4 is 0 Å². The van der Waals surface area contributed by atoms with Gasteiger partial charge in [0.25, 0.3) is 0 Å². The van der Waals surface area contributed by atoms with Crippen LogP contribution in [-0.4, -0.2) is 23.0 Å². The van der Waals surface area contributed by atoms with Gasteiger partial charge in [-0.05, 0) is 57.8 Å². The van der Waals surface area contributed by atoms with E-state index < -0.39 is 0 Å². The normalized spacial score (nSPS) is 36.8. The van der Waals surface area contributed by atoms with Gasteiger partial charge in [0.15, 0.2) is 0 Å². The summed E-state index contributed by atoms with van der Waals surface area (Å²) in [7, 11) is 0. The second-order valence-corrected chi connectivity index (χ2v) is 6.39. The molecular formula is C14H27N. The van der Waals surface area contributed by atoms with E-state index in [1.807, 2.05) is 0 Å². The summed E-state index contributed by atoms with van der Waals surface area (Å²) in [5.74, 6) is 1.91.